The van der Waals surface area contributed by atoms with E-state index in [1.54, 1.807) is 12.1 Å². The zero-order valence-electron chi connectivity index (χ0n) is 10.9. The lowest BCUT2D eigenvalue weighted by atomic mass is 10.1. The summed E-state index contributed by atoms with van der Waals surface area (Å²) in [6.45, 7) is 0. The molecule has 0 aromatic heterocycles. The summed E-state index contributed by atoms with van der Waals surface area (Å²) in [7, 11) is 0. The molecule has 1 atom stereocenters. The first-order valence-corrected chi connectivity index (χ1v) is 6.27. The Morgan fingerprint density at radius 2 is 2.05 bits per heavy atom. The van der Waals surface area contributed by atoms with E-state index < -0.39 is 11.1 Å². The van der Waals surface area contributed by atoms with Crippen LogP contribution in [0.4, 0.5) is 11.4 Å². The summed E-state index contributed by atoms with van der Waals surface area (Å²) >= 11 is 0. The molecule has 0 saturated carbocycles. The van der Waals surface area contributed by atoms with Gasteiger partial charge in [-0.05, 0) is 12.1 Å². The maximum Gasteiger partial charge on any atom is 0.269 e. The number of hydrogen-bond donors (Lipinski definition) is 3. The number of hydrogen-bond acceptors (Lipinski definition) is 6. The van der Waals surface area contributed by atoms with E-state index in [0.29, 0.717) is 11.4 Å². The van der Waals surface area contributed by atoms with Gasteiger partial charge in [0.05, 0.1) is 4.92 Å². The summed E-state index contributed by atoms with van der Waals surface area (Å²) in [5.74, 6) is 0.320. The van der Waals surface area contributed by atoms with Crippen molar-refractivity contribution >= 4 is 17.2 Å². The second-order valence-corrected chi connectivity index (χ2v) is 4.53. The Morgan fingerprint density at radius 3 is 2.81 bits per heavy atom. The lowest BCUT2D eigenvalue weighted by Crippen LogP contribution is -2.28. The van der Waals surface area contributed by atoms with Gasteiger partial charge in [0.25, 0.3) is 5.69 Å². The molecule has 1 aliphatic rings. The normalized spacial score (nSPS) is 16.4. The largest absolute Gasteiger partial charge is 0.359 e. The van der Waals surface area contributed by atoms with Gasteiger partial charge in [0.15, 0.2) is 5.84 Å². The minimum absolute atomic E-state index is 0.00173. The molecule has 1 heterocycles. The van der Waals surface area contributed by atoms with Crippen LogP contribution in [-0.4, -0.2) is 16.0 Å². The average molecular weight is 284 g/mol. The Hall–Kier alpha value is -2.93. The summed E-state index contributed by atoms with van der Waals surface area (Å²) in [6.07, 6.45) is -0.505. The molecular weight excluding hydrogens is 272 g/mol. The van der Waals surface area contributed by atoms with Crippen LogP contribution in [0.3, 0.4) is 0 Å². The number of hydroxylamine groups is 1. The van der Waals surface area contributed by atoms with Crippen molar-refractivity contribution < 1.29 is 10.1 Å². The molecule has 2 aromatic carbocycles. The molecular formula is C14H12N4O3. The molecule has 1 unspecified atom stereocenters. The molecule has 7 nitrogen and oxygen atoms in total. The van der Waals surface area contributed by atoms with Crippen LogP contribution in [0.1, 0.15) is 17.3 Å². The van der Waals surface area contributed by atoms with E-state index in [4.69, 9.17) is 0 Å². The first kappa shape index (κ1) is 13.1. The highest BCUT2D eigenvalue weighted by atomic mass is 16.6. The molecule has 0 bridgehead atoms. The van der Waals surface area contributed by atoms with Crippen molar-refractivity contribution in [3.8, 4) is 0 Å². The van der Waals surface area contributed by atoms with Crippen molar-refractivity contribution in [2.24, 2.45) is 4.99 Å². The SMILES string of the molecule is O=[N+]([O-])c1cccc(C2N=C(NO)c3ccccc3N2)c1. The number of amidine groups is 1. The highest BCUT2D eigenvalue weighted by molar-refractivity contribution is 6.04. The molecule has 0 amide bonds. The number of para-hydroxylation sites is 1. The van der Waals surface area contributed by atoms with E-state index in [-0.39, 0.29) is 5.69 Å². The number of nitro benzene ring substituents is 1. The molecule has 7 heteroatoms. The fourth-order valence-electron chi connectivity index (χ4n) is 2.25. The van der Waals surface area contributed by atoms with Crippen LogP contribution >= 0.6 is 0 Å². The summed E-state index contributed by atoms with van der Waals surface area (Å²) in [5, 5.41) is 23.3. The molecule has 3 rings (SSSR count). The fraction of sp³-hybridized carbons (Fsp3) is 0.0714. The van der Waals surface area contributed by atoms with Crippen molar-refractivity contribution in [3.05, 3.63) is 69.8 Å². The Kier molecular flexibility index (Phi) is 3.25. The summed E-state index contributed by atoms with van der Waals surface area (Å²) in [6, 6.07) is 13.6. The Bertz CT molecular complexity index is 730. The zero-order valence-corrected chi connectivity index (χ0v) is 10.9. The van der Waals surface area contributed by atoms with E-state index in [9.17, 15) is 15.3 Å². The van der Waals surface area contributed by atoms with Gasteiger partial charge in [-0.25, -0.2) is 4.99 Å². The van der Waals surface area contributed by atoms with Gasteiger partial charge in [-0.1, -0.05) is 24.3 Å². The third kappa shape index (κ3) is 2.41. The monoisotopic (exact) mass is 284 g/mol. The molecule has 0 saturated heterocycles. The molecule has 3 N–H and O–H groups in total. The van der Waals surface area contributed by atoms with Gasteiger partial charge >= 0.3 is 0 Å². The first-order valence-electron chi connectivity index (χ1n) is 6.27. The van der Waals surface area contributed by atoms with E-state index in [0.717, 1.165) is 11.3 Å². The first-order chi connectivity index (χ1) is 10.2. The summed E-state index contributed by atoms with van der Waals surface area (Å²) in [4.78, 5) is 14.7. The molecule has 21 heavy (non-hydrogen) atoms. The standard InChI is InChI=1S/C14H12N4O3/c19-17-14-11-6-1-2-7-12(11)15-13(16-14)9-4-3-5-10(8-9)18(20)21/h1-8,13,15,19H,(H,16,17). The quantitative estimate of drug-likeness (QED) is 0.581. The van der Waals surface area contributed by atoms with Crippen LogP contribution < -0.4 is 10.8 Å². The molecule has 2 aromatic rings. The Morgan fingerprint density at radius 1 is 1.24 bits per heavy atom. The topological polar surface area (TPSA) is 99.8 Å². The van der Waals surface area contributed by atoms with Crippen molar-refractivity contribution in [2.45, 2.75) is 6.17 Å². The third-order valence-electron chi connectivity index (χ3n) is 3.24. The smallest absolute Gasteiger partial charge is 0.269 e. The molecule has 0 spiro atoms. The number of benzene rings is 2. The van der Waals surface area contributed by atoms with Crippen molar-refractivity contribution in [3.63, 3.8) is 0 Å². The van der Waals surface area contributed by atoms with Gasteiger partial charge in [-0.3, -0.25) is 20.8 Å². The predicted molar refractivity (Wildman–Crippen MR) is 77.4 cm³/mol. The molecule has 0 radical (unpaired) electrons. The minimum atomic E-state index is -0.505. The summed E-state index contributed by atoms with van der Waals surface area (Å²) in [5.41, 5.74) is 4.25. The van der Waals surface area contributed by atoms with E-state index in [2.05, 4.69) is 15.8 Å². The van der Waals surface area contributed by atoms with Crippen LogP contribution in [0, 0.1) is 10.1 Å². The number of rotatable bonds is 2. The fourth-order valence-corrected chi connectivity index (χ4v) is 2.25. The number of non-ortho nitro benzene ring substituents is 1. The highest BCUT2D eigenvalue weighted by Crippen LogP contribution is 2.30. The van der Waals surface area contributed by atoms with Crippen LogP contribution in [0.15, 0.2) is 53.5 Å². The average Bonchev–Trinajstić information content (AvgIpc) is 2.53. The number of nitro groups is 1. The van der Waals surface area contributed by atoms with Gasteiger partial charge < -0.3 is 5.32 Å². The Labute approximate surface area is 120 Å². The maximum absolute atomic E-state index is 10.9. The molecule has 0 fully saturated rings. The van der Waals surface area contributed by atoms with E-state index >= 15 is 0 Å². The van der Waals surface area contributed by atoms with Crippen molar-refractivity contribution in [1.82, 2.24) is 5.48 Å². The van der Waals surface area contributed by atoms with Crippen LogP contribution in [-0.2, 0) is 0 Å². The zero-order chi connectivity index (χ0) is 14.8. The Balaban J connectivity index is 2.02. The lowest BCUT2D eigenvalue weighted by molar-refractivity contribution is -0.384. The number of nitrogens with one attached hydrogen (secondary N) is 2. The molecule has 106 valence electrons. The van der Waals surface area contributed by atoms with E-state index in [1.165, 1.54) is 12.1 Å². The number of anilines is 1. The van der Waals surface area contributed by atoms with Crippen LogP contribution in [0.5, 0.6) is 0 Å². The second-order valence-electron chi connectivity index (χ2n) is 4.53. The number of nitrogens with zero attached hydrogens (tertiary/aromatic N) is 2. The van der Waals surface area contributed by atoms with Crippen molar-refractivity contribution in [1.29, 1.82) is 0 Å². The lowest BCUT2D eigenvalue weighted by Gasteiger charge is -2.25. The van der Waals surface area contributed by atoms with Gasteiger partial charge in [-0.2, -0.15) is 0 Å². The molecule has 1 aliphatic heterocycles. The second kappa shape index (κ2) is 5.22. The van der Waals surface area contributed by atoms with Gasteiger partial charge in [0, 0.05) is 28.9 Å². The number of aliphatic imine (C=N–C) groups is 1. The van der Waals surface area contributed by atoms with Gasteiger partial charge in [0.1, 0.15) is 6.17 Å². The van der Waals surface area contributed by atoms with Gasteiger partial charge in [-0.15, -0.1) is 0 Å². The van der Waals surface area contributed by atoms with Crippen molar-refractivity contribution in [2.75, 3.05) is 5.32 Å². The molecule has 0 aliphatic carbocycles. The highest BCUT2D eigenvalue weighted by Gasteiger charge is 2.22. The maximum atomic E-state index is 10.9. The van der Waals surface area contributed by atoms with Crippen LogP contribution in [0.2, 0.25) is 0 Å². The summed E-state index contributed by atoms with van der Waals surface area (Å²) < 4.78 is 0. The van der Waals surface area contributed by atoms with Crippen LogP contribution in [0.25, 0.3) is 0 Å². The minimum Gasteiger partial charge on any atom is -0.359 e. The number of fused-ring (bicyclic) bond motifs is 1. The van der Waals surface area contributed by atoms with E-state index in [1.807, 2.05) is 24.3 Å². The predicted octanol–water partition coefficient (Wildman–Crippen LogP) is 2.44. The van der Waals surface area contributed by atoms with Gasteiger partial charge in [0.2, 0.25) is 0 Å². The third-order valence-corrected chi connectivity index (χ3v) is 3.24.